The Kier molecular flexibility index (Phi) is 5.53. The Morgan fingerprint density at radius 1 is 1.21 bits per heavy atom. The van der Waals surface area contributed by atoms with Gasteiger partial charge in [-0.25, -0.2) is 4.68 Å². The van der Waals surface area contributed by atoms with Crippen LogP contribution in [0.1, 0.15) is 23.2 Å². The highest BCUT2D eigenvalue weighted by atomic mass is 19.4. The van der Waals surface area contributed by atoms with E-state index < -0.39 is 17.6 Å². The number of rotatable bonds is 4. The van der Waals surface area contributed by atoms with Crippen LogP contribution in [0.15, 0.2) is 36.4 Å². The van der Waals surface area contributed by atoms with E-state index in [0.717, 1.165) is 30.8 Å². The number of aryl methyl sites for hydroxylation is 2. The summed E-state index contributed by atoms with van der Waals surface area (Å²) in [5.74, 6) is -0.0460. The summed E-state index contributed by atoms with van der Waals surface area (Å²) in [6.07, 6.45) is -1.05. The van der Waals surface area contributed by atoms with Gasteiger partial charge in [-0.3, -0.25) is 14.5 Å². The van der Waals surface area contributed by atoms with E-state index in [0.29, 0.717) is 17.9 Å². The van der Waals surface area contributed by atoms with E-state index in [4.69, 9.17) is 0 Å². The molecule has 28 heavy (non-hydrogen) atoms. The van der Waals surface area contributed by atoms with Gasteiger partial charge in [-0.2, -0.15) is 18.3 Å². The monoisotopic (exact) mass is 392 g/mol. The van der Waals surface area contributed by atoms with Crippen LogP contribution in [0.4, 0.5) is 19.0 Å². The molecule has 1 aliphatic rings. The molecule has 6 nitrogen and oxygen atoms in total. The molecule has 1 aromatic heterocycles. The summed E-state index contributed by atoms with van der Waals surface area (Å²) < 4.78 is 39.4. The molecule has 2 heterocycles. The predicted octanol–water partition coefficient (Wildman–Crippen LogP) is 2.78. The fourth-order valence-corrected chi connectivity index (χ4v) is 2.93. The van der Waals surface area contributed by atoms with Crippen molar-refractivity contribution in [2.45, 2.75) is 26.1 Å². The van der Waals surface area contributed by atoms with Gasteiger partial charge < -0.3 is 5.32 Å². The third-order valence-corrected chi connectivity index (χ3v) is 4.29. The normalized spacial score (nSPS) is 14.2. The molecule has 1 N–H and O–H groups in total. The van der Waals surface area contributed by atoms with Gasteiger partial charge in [0.05, 0.1) is 17.8 Å². The summed E-state index contributed by atoms with van der Waals surface area (Å²) in [4.78, 5) is 25.9. The summed E-state index contributed by atoms with van der Waals surface area (Å²) >= 11 is 0. The maximum atomic E-state index is 12.5. The van der Waals surface area contributed by atoms with E-state index in [-0.39, 0.29) is 12.5 Å². The fraction of sp³-hybridized carbons (Fsp3) is 0.316. The largest absolute Gasteiger partial charge is 0.416 e. The first kappa shape index (κ1) is 19.7. The number of benzene rings is 1. The van der Waals surface area contributed by atoms with Crippen molar-refractivity contribution in [3.05, 3.63) is 53.2 Å². The van der Waals surface area contributed by atoms with Crippen LogP contribution in [-0.4, -0.2) is 34.7 Å². The Bertz CT molecular complexity index is 901. The van der Waals surface area contributed by atoms with Crippen molar-refractivity contribution in [3.8, 4) is 0 Å². The van der Waals surface area contributed by atoms with Crippen molar-refractivity contribution in [3.63, 3.8) is 0 Å². The zero-order valence-electron chi connectivity index (χ0n) is 15.2. The maximum Gasteiger partial charge on any atom is 0.416 e. The minimum Gasteiger partial charge on any atom is -0.343 e. The molecule has 0 unspecified atom stereocenters. The molecule has 0 atom stereocenters. The second kappa shape index (κ2) is 7.87. The number of carbonyl (C=O) groups is 2. The standard InChI is InChI=1S/C19H19F3N4O2/c1-13-11-17-25(9-2-10-26(17)24-13)18(28)12-23-16(27)8-5-14-3-6-15(7-4-14)19(20,21)22/h3-8,11H,2,9-10,12H2,1H3,(H,23,27)/b8-5+. The van der Waals surface area contributed by atoms with Crippen LogP contribution in [0, 0.1) is 6.92 Å². The zero-order chi connectivity index (χ0) is 20.3. The van der Waals surface area contributed by atoms with Crippen LogP contribution in [0.5, 0.6) is 0 Å². The van der Waals surface area contributed by atoms with Crippen molar-refractivity contribution >= 4 is 23.7 Å². The number of anilines is 1. The number of carbonyl (C=O) groups excluding carboxylic acids is 2. The molecule has 9 heteroatoms. The van der Waals surface area contributed by atoms with Gasteiger partial charge in [-0.1, -0.05) is 12.1 Å². The lowest BCUT2D eigenvalue weighted by Crippen LogP contribution is -2.43. The Labute approximate surface area is 159 Å². The quantitative estimate of drug-likeness (QED) is 0.814. The van der Waals surface area contributed by atoms with Crippen LogP contribution in [-0.2, 0) is 22.3 Å². The minimum absolute atomic E-state index is 0.180. The number of amides is 2. The van der Waals surface area contributed by atoms with Crippen molar-refractivity contribution < 1.29 is 22.8 Å². The number of alkyl halides is 3. The highest BCUT2D eigenvalue weighted by Gasteiger charge is 2.29. The summed E-state index contributed by atoms with van der Waals surface area (Å²) in [6.45, 7) is 2.97. The number of halogens is 3. The number of nitrogens with one attached hydrogen (secondary N) is 1. The third-order valence-electron chi connectivity index (χ3n) is 4.29. The van der Waals surface area contributed by atoms with Gasteiger partial charge in [0.25, 0.3) is 0 Å². The molecule has 2 amide bonds. The van der Waals surface area contributed by atoms with Crippen LogP contribution in [0.25, 0.3) is 6.08 Å². The lowest BCUT2D eigenvalue weighted by atomic mass is 10.1. The molecule has 2 aromatic rings. The molecule has 0 bridgehead atoms. The second-order valence-electron chi connectivity index (χ2n) is 6.44. The molecule has 1 aromatic carbocycles. The van der Waals surface area contributed by atoms with Gasteiger partial charge in [0.15, 0.2) is 0 Å². The second-order valence-corrected chi connectivity index (χ2v) is 6.44. The molecular formula is C19H19F3N4O2. The molecule has 0 spiro atoms. The topological polar surface area (TPSA) is 67.2 Å². The molecule has 148 valence electrons. The number of hydrogen-bond acceptors (Lipinski definition) is 3. The van der Waals surface area contributed by atoms with Crippen LogP contribution in [0.2, 0.25) is 0 Å². The Morgan fingerprint density at radius 3 is 2.61 bits per heavy atom. The summed E-state index contributed by atoms with van der Waals surface area (Å²) in [5, 5.41) is 6.81. The van der Waals surface area contributed by atoms with E-state index in [1.165, 1.54) is 24.3 Å². The molecule has 0 fully saturated rings. The molecular weight excluding hydrogens is 373 g/mol. The highest BCUT2D eigenvalue weighted by molar-refractivity contribution is 5.99. The molecule has 0 radical (unpaired) electrons. The maximum absolute atomic E-state index is 12.5. The van der Waals surface area contributed by atoms with Crippen molar-refractivity contribution in [2.75, 3.05) is 18.0 Å². The Balaban J connectivity index is 1.54. The molecule has 0 saturated carbocycles. The lowest BCUT2D eigenvalue weighted by molar-refractivity contribution is -0.137. The minimum atomic E-state index is -4.40. The highest BCUT2D eigenvalue weighted by Crippen LogP contribution is 2.29. The van der Waals surface area contributed by atoms with Crippen LogP contribution in [0.3, 0.4) is 0 Å². The van der Waals surface area contributed by atoms with Gasteiger partial charge in [-0.15, -0.1) is 0 Å². The van der Waals surface area contributed by atoms with Crippen LogP contribution >= 0.6 is 0 Å². The van der Waals surface area contributed by atoms with Gasteiger partial charge >= 0.3 is 6.18 Å². The Morgan fingerprint density at radius 2 is 1.93 bits per heavy atom. The Hall–Kier alpha value is -3.10. The summed E-state index contributed by atoms with van der Waals surface area (Å²) in [6, 6.07) is 6.26. The number of fused-ring (bicyclic) bond motifs is 1. The summed E-state index contributed by atoms with van der Waals surface area (Å²) in [5.41, 5.74) is 0.513. The van der Waals surface area contributed by atoms with E-state index in [2.05, 4.69) is 10.4 Å². The van der Waals surface area contributed by atoms with Crippen LogP contribution < -0.4 is 10.2 Å². The van der Waals surface area contributed by atoms with E-state index in [1.54, 1.807) is 9.58 Å². The number of aromatic nitrogens is 2. The zero-order valence-corrected chi connectivity index (χ0v) is 15.2. The van der Waals surface area contributed by atoms with E-state index in [9.17, 15) is 22.8 Å². The van der Waals surface area contributed by atoms with E-state index >= 15 is 0 Å². The molecule has 1 aliphatic heterocycles. The summed E-state index contributed by atoms with van der Waals surface area (Å²) in [7, 11) is 0. The smallest absolute Gasteiger partial charge is 0.343 e. The van der Waals surface area contributed by atoms with Gasteiger partial charge in [0, 0.05) is 25.2 Å². The van der Waals surface area contributed by atoms with Gasteiger partial charge in [0.1, 0.15) is 5.82 Å². The first-order chi connectivity index (χ1) is 13.2. The average Bonchev–Trinajstić information content (AvgIpc) is 3.04. The van der Waals surface area contributed by atoms with Crippen molar-refractivity contribution in [1.29, 1.82) is 0 Å². The fourth-order valence-electron chi connectivity index (χ4n) is 2.93. The van der Waals surface area contributed by atoms with Crippen molar-refractivity contribution in [1.82, 2.24) is 15.1 Å². The number of hydrogen-bond donors (Lipinski definition) is 1. The number of nitrogens with zero attached hydrogens (tertiary/aromatic N) is 3. The predicted molar refractivity (Wildman–Crippen MR) is 97.4 cm³/mol. The first-order valence-electron chi connectivity index (χ1n) is 8.72. The lowest BCUT2D eigenvalue weighted by Gasteiger charge is -2.27. The first-order valence-corrected chi connectivity index (χ1v) is 8.72. The van der Waals surface area contributed by atoms with Crippen molar-refractivity contribution in [2.24, 2.45) is 0 Å². The van der Waals surface area contributed by atoms with Gasteiger partial charge in [-0.05, 0) is 37.1 Å². The van der Waals surface area contributed by atoms with E-state index in [1.807, 2.05) is 13.0 Å². The SMILES string of the molecule is Cc1cc2n(n1)CCCN2C(=O)CNC(=O)/C=C/c1ccc(C(F)(F)F)cc1. The average molecular weight is 392 g/mol. The molecule has 0 saturated heterocycles. The third kappa shape index (κ3) is 4.59. The molecule has 3 rings (SSSR count). The molecule has 0 aliphatic carbocycles. The van der Waals surface area contributed by atoms with Gasteiger partial charge in [0.2, 0.25) is 11.8 Å².